The summed E-state index contributed by atoms with van der Waals surface area (Å²) in [6.07, 6.45) is 0. The Morgan fingerprint density at radius 3 is 2.50 bits per heavy atom. The monoisotopic (exact) mass is 420 g/mol. The number of carbonyl (C=O) groups excluding carboxylic acids is 1. The summed E-state index contributed by atoms with van der Waals surface area (Å²) in [7, 11) is 5.09. The molecule has 0 aliphatic carbocycles. The molecule has 0 atom stereocenters. The number of hydrogen-bond donors (Lipinski definition) is 2. The van der Waals surface area contributed by atoms with Crippen LogP contribution in [0.3, 0.4) is 0 Å². The highest BCUT2D eigenvalue weighted by Crippen LogP contribution is 2.32. The molecule has 0 unspecified atom stereocenters. The van der Waals surface area contributed by atoms with Gasteiger partial charge in [-0.15, -0.1) is 10.2 Å². The topological polar surface area (TPSA) is 84.3 Å². The van der Waals surface area contributed by atoms with E-state index in [1.807, 2.05) is 47.8 Å². The number of amides is 2. The normalized spacial score (nSPS) is 10.6. The molecule has 2 N–H and O–H groups in total. The number of carbonyl (C=O) groups is 1. The molecule has 1 heterocycles. The fourth-order valence-corrected chi connectivity index (χ4v) is 3.04. The molecule has 10 heteroatoms. The van der Waals surface area contributed by atoms with Crippen LogP contribution in [0.25, 0.3) is 11.4 Å². The van der Waals surface area contributed by atoms with Crippen molar-refractivity contribution in [2.45, 2.75) is 0 Å². The lowest BCUT2D eigenvalue weighted by atomic mass is 10.2. The smallest absolute Gasteiger partial charge is 0.314 e. The summed E-state index contributed by atoms with van der Waals surface area (Å²) in [5.41, 5.74) is 4.29. The first-order chi connectivity index (χ1) is 13.4. The standard InChI is InChI=1S/C18H18Cl2N6O2/c1-25(13-7-4-11(19)5-8-13)18-23-22-16(26(18)2)14-9-6-12(10-15(14)20)21-17(27)24-28-3/h4-10H,1-3H3,(H2,21,24,27). The highest BCUT2D eigenvalue weighted by atomic mass is 35.5. The third-order valence-electron chi connectivity index (χ3n) is 4.03. The molecule has 0 aliphatic heterocycles. The van der Waals surface area contributed by atoms with Crippen LogP contribution >= 0.6 is 23.2 Å². The summed E-state index contributed by atoms with van der Waals surface area (Å²) < 4.78 is 1.83. The van der Waals surface area contributed by atoms with Crippen molar-refractivity contribution in [3.63, 3.8) is 0 Å². The van der Waals surface area contributed by atoms with E-state index in [2.05, 4.69) is 25.8 Å². The van der Waals surface area contributed by atoms with Crippen LogP contribution in [0.1, 0.15) is 0 Å². The Kier molecular flexibility index (Phi) is 6.03. The largest absolute Gasteiger partial charge is 0.343 e. The van der Waals surface area contributed by atoms with Crippen LogP contribution in [0, 0.1) is 0 Å². The molecule has 0 saturated carbocycles. The summed E-state index contributed by atoms with van der Waals surface area (Å²) in [5, 5.41) is 12.2. The number of halogens is 2. The maximum Gasteiger partial charge on any atom is 0.343 e. The molecule has 0 aliphatic rings. The van der Waals surface area contributed by atoms with Crippen LogP contribution in [0.15, 0.2) is 42.5 Å². The van der Waals surface area contributed by atoms with Crippen molar-refractivity contribution in [1.82, 2.24) is 20.2 Å². The number of nitrogens with zero attached hydrogens (tertiary/aromatic N) is 4. The van der Waals surface area contributed by atoms with Crippen LogP contribution in [-0.2, 0) is 11.9 Å². The van der Waals surface area contributed by atoms with Crippen molar-refractivity contribution in [2.24, 2.45) is 7.05 Å². The van der Waals surface area contributed by atoms with E-state index in [4.69, 9.17) is 23.2 Å². The Morgan fingerprint density at radius 2 is 1.86 bits per heavy atom. The molecule has 0 fully saturated rings. The Bertz CT molecular complexity index is 990. The maximum absolute atomic E-state index is 11.5. The summed E-state index contributed by atoms with van der Waals surface area (Å²) in [4.78, 5) is 18.0. The second-order valence-corrected chi connectivity index (χ2v) is 6.72. The number of benzene rings is 2. The third kappa shape index (κ3) is 4.19. The van der Waals surface area contributed by atoms with Gasteiger partial charge in [0.25, 0.3) is 0 Å². The predicted molar refractivity (Wildman–Crippen MR) is 110 cm³/mol. The molecular formula is C18H18Cl2N6O2. The molecule has 146 valence electrons. The van der Waals surface area contributed by atoms with E-state index >= 15 is 0 Å². The van der Waals surface area contributed by atoms with Gasteiger partial charge < -0.3 is 10.2 Å². The van der Waals surface area contributed by atoms with Crippen molar-refractivity contribution in [1.29, 1.82) is 0 Å². The van der Waals surface area contributed by atoms with E-state index in [1.54, 1.807) is 18.2 Å². The zero-order valence-corrected chi connectivity index (χ0v) is 16.9. The zero-order chi connectivity index (χ0) is 20.3. The Morgan fingerprint density at radius 1 is 1.14 bits per heavy atom. The lowest BCUT2D eigenvalue weighted by Gasteiger charge is -2.18. The number of anilines is 3. The predicted octanol–water partition coefficient (Wildman–Crippen LogP) is 4.24. The number of hydrogen-bond acceptors (Lipinski definition) is 5. The van der Waals surface area contributed by atoms with Crippen molar-refractivity contribution in [2.75, 3.05) is 24.4 Å². The lowest BCUT2D eigenvalue weighted by molar-refractivity contribution is 0.114. The van der Waals surface area contributed by atoms with Gasteiger partial charge in [-0.3, -0.25) is 9.40 Å². The summed E-state index contributed by atoms with van der Waals surface area (Å²) in [5.74, 6) is 1.23. The molecule has 3 aromatic rings. The van der Waals surface area contributed by atoms with Gasteiger partial charge in [-0.1, -0.05) is 23.2 Å². The van der Waals surface area contributed by atoms with Crippen LogP contribution < -0.4 is 15.7 Å². The lowest BCUT2D eigenvalue weighted by Crippen LogP contribution is -2.27. The molecule has 2 aromatic carbocycles. The SMILES string of the molecule is CONC(=O)Nc1ccc(-c2nnc(N(C)c3ccc(Cl)cc3)n2C)c(Cl)c1. The fourth-order valence-electron chi connectivity index (χ4n) is 2.65. The average molecular weight is 421 g/mol. The summed E-state index contributed by atoms with van der Waals surface area (Å²) >= 11 is 12.4. The van der Waals surface area contributed by atoms with E-state index < -0.39 is 6.03 Å². The minimum atomic E-state index is -0.503. The van der Waals surface area contributed by atoms with Crippen LogP contribution in [-0.4, -0.2) is 35.0 Å². The van der Waals surface area contributed by atoms with Gasteiger partial charge in [-0.2, -0.15) is 0 Å². The van der Waals surface area contributed by atoms with Gasteiger partial charge in [-0.05, 0) is 42.5 Å². The number of rotatable bonds is 5. The zero-order valence-electron chi connectivity index (χ0n) is 15.4. The average Bonchev–Trinajstić information content (AvgIpc) is 3.03. The second kappa shape index (κ2) is 8.47. The highest BCUT2D eigenvalue weighted by Gasteiger charge is 2.17. The van der Waals surface area contributed by atoms with Gasteiger partial charge in [0, 0.05) is 36.1 Å². The number of urea groups is 1. The summed E-state index contributed by atoms with van der Waals surface area (Å²) in [6.45, 7) is 0. The van der Waals surface area contributed by atoms with E-state index in [0.717, 1.165) is 5.69 Å². The van der Waals surface area contributed by atoms with Crippen molar-refractivity contribution >= 4 is 46.6 Å². The molecular weight excluding hydrogens is 403 g/mol. The van der Waals surface area contributed by atoms with Gasteiger partial charge in [0.15, 0.2) is 5.82 Å². The van der Waals surface area contributed by atoms with Gasteiger partial charge in [0.2, 0.25) is 5.95 Å². The quantitative estimate of drug-likeness (QED) is 0.602. The van der Waals surface area contributed by atoms with E-state index in [1.165, 1.54) is 7.11 Å². The maximum atomic E-state index is 11.5. The van der Waals surface area contributed by atoms with Crippen molar-refractivity contribution < 1.29 is 9.63 Å². The first-order valence-electron chi connectivity index (χ1n) is 8.19. The van der Waals surface area contributed by atoms with E-state index in [-0.39, 0.29) is 0 Å². The molecule has 3 rings (SSSR count). The molecule has 28 heavy (non-hydrogen) atoms. The first kappa shape index (κ1) is 19.9. The van der Waals surface area contributed by atoms with Crippen molar-refractivity contribution in [3.8, 4) is 11.4 Å². The molecule has 1 aromatic heterocycles. The second-order valence-electron chi connectivity index (χ2n) is 5.87. The number of hydroxylamine groups is 1. The Hall–Kier alpha value is -2.81. The number of aromatic nitrogens is 3. The van der Waals surface area contributed by atoms with Gasteiger partial charge in [0.1, 0.15) is 0 Å². The van der Waals surface area contributed by atoms with Gasteiger partial charge in [0.05, 0.1) is 12.1 Å². The Balaban J connectivity index is 1.87. The molecule has 2 amide bonds. The minimum Gasteiger partial charge on any atom is -0.314 e. The number of nitrogens with one attached hydrogen (secondary N) is 2. The molecule has 0 spiro atoms. The van der Waals surface area contributed by atoms with Crippen LogP contribution in [0.5, 0.6) is 0 Å². The summed E-state index contributed by atoms with van der Waals surface area (Å²) in [6, 6.07) is 12.0. The minimum absolute atomic E-state index is 0.423. The first-order valence-corrected chi connectivity index (χ1v) is 8.95. The van der Waals surface area contributed by atoms with E-state index in [9.17, 15) is 4.79 Å². The van der Waals surface area contributed by atoms with Crippen molar-refractivity contribution in [3.05, 3.63) is 52.5 Å². The van der Waals surface area contributed by atoms with Gasteiger partial charge >= 0.3 is 6.03 Å². The molecule has 0 bridgehead atoms. The van der Waals surface area contributed by atoms with E-state index in [0.29, 0.717) is 33.1 Å². The van der Waals surface area contributed by atoms with Gasteiger partial charge in [-0.25, -0.2) is 10.3 Å². The van der Waals surface area contributed by atoms with Crippen LogP contribution in [0.2, 0.25) is 10.0 Å². The fraction of sp³-hybridized carbons (Fsp3) is 0.167. The highest BCUT2D eigenvalue weighted by molar-refractivity contribution is 6.33. The van der Waals surface area contributed by atoms with Crippen LogP contribution in [0.4, 0.5) is 22.1 Å². The third-order valence-corrected chi connectivity index (χ3v) is 4.59. The Labute approximate surface area is 172 Å². The molecule has 8 nitrogen and oxygen atoms in total. The molecule has 0 radical (unpaired) electrons. The molecule has 0 saturated heterocycles.